The Bertz CT molecular complexity index is 540. The van der Waals surface area contributed by atoms with Crippen LogP contribution in [0.2, 0.25) is 0 Å². The minimum atomic E-state index is -0.277. The molecule has 1 aromatic heterocycles. The standard InChI is InChI=1S/C14H16FN3/c1-3-7-16-13-8-10(2)17-14(18-13)11-5-4-6-12(15)9-11/h4-6,8-9H,3,7H2,1-2H3,(H,16,17,18). The van der Waals surface area contributed by atoms with Gasteiger partial charge in [-0.2, -0.15) is 0 Å². The van der Waals surface area contributed by atoms with Crippen molar-refractivity contribution < 1.29 is 4.39 Å². The molecule has 0 amide bonds. The molecule has 94 valence electrons. The zero-order valence-electron chi connectivity index (χ0n) is 10.6. The zero-order chi connectivity index (χ0) is 13.0. The second kappa shape index (κ2) is 5.58. The first-order valence-electron chi connectivity index (χ1n) is 6.04. The number of nitrogens with one attached hydrogen (secondary N) is 1. The van der Waals surface area contributed by atoms with E-state index in [4.69, 9.17) is 0 Å². The molecule has 18 heavy (non-hydrogen) atoms. The van der Waals surface area contributed by atoms with Crippen LogP contribution in [-0.2, 0) is 0 Å². The van der Waals surface area contributed by atoms with Gasteiger partial charge in [-0.3, -0.25) is 0 Å². The Morgan fingerprint density at radius 1 is 1.22 bits per heavy atom. The average molecular weight is 245 g/mol. The van der Waals surface area contributed by atoms with E-state index in [1.54, 1.807) is 12.1 Å². The monoisotopic (exact) mass is 245 g/mol. The fourth-order valence-electron chi connectivity index (χ4n) is 1.67. The molecule has 0 bridgehead atoms. The molecule has 4 heteroatoms. The molecular formula is C14H16FN3. The third kappa shape index (κ3) is 3.03. The number of rotatable bonds is 4. The van der Waals surface area contributed by atoms with E-state index in [9.17, 15) is 4.39 Å². The summed E-state index contributed by atoms with van der Waals surface area (Å²) in [6.07, 6.45) is 1.03. The predicted octanol–water partition coefficient (Wildman–Crippen LogP) is 3.41. The summed E-state index contributed by atoms with van der Waals surface area (Å²) >= 11 is 0. The maximum atomic E-state index is 13.2. The summed E-state index contributed by atoms with van der Waals surface area (Å²) in [5, 5.41) is 3.22. The van der Waals surface area contributed by atoms with Crippen LogP contribution in [-0.4, -0.2) is 16.5 Å². The smallest absolute Gasteiger partial charge is 0.161 e. The van der Waals surface area contributed by atoms with Crippen molar-refractivity contribution in [3.05, 3.63) is 41.8 Å². The highest BCUT2D eigenvalue weighted by Gasteiger charge is 2.05. The first-order valence-corrected chi connectivity index (χ1v) is 6.04. The minimum absolute atomic E-state index is 0.277. The molecule has 0 atom stereocenters. The van der Waals surface area contributed by atoms with E-state index in [1.807, 2.05) is 13.0 Å². The summed E-state index contributed by atoms with van der Waals surface area (Å²) in [6.45, 7) is 4.86. The molecule has 1 N–H and O–H groups in total. The van der Waals surface area contributed by atoms with Gasteiger partial charge < -0.3 is 5.32 Å². The summed E-state index contributed by atoms with van der Waals surface area (Å²) in [7, 11) is 0. The average Bonchev–Trinajstić information content (AvgIpc) is 2.36. The maximum absolute atomic E-state index is 13.2. The van der Waals surface area contributed by atoms with Gasteiger partial charge in [-0.1, -0.05) is 19.1 Å². The van der Waals surface area contributed by atoms with Gasteiger partial charge in [0, 0.05) is 23.9 Å². The van der Waals surface area contributed by atoms with Gasteiger partial charge in [0.25, 0.3) is 0 Å². The lowest BCUT2D eigenvalue weighted by Crippen LogP contribution is -2.04. The molecule has 0 unspecified atom stereocenters. The first kappa shape index (κ1) is 12.5. The molecule has 3 nitrogen and oxygen atoms in total. The molecule has 0 spiro atoms. The SMILES string of the molecule is CCCNc1cc(C)nc(-c2cccc(F)c2)n1. The van der Waals surface area contributed by atoms with Crippen LogP contribution < -0.4 is 5.32 Å². The third-order valence-electron chi connectivity index (χ3n) is 2.49. The predicted molar refractivity (Wildman–Crippen MR) is 70.9 cm³/mol. The van der Waals surface area contributed by atoms with Gasteiger partial charge in [0.1, 0.15) is 11.6 Å². The van der Waals surface area contributed by atoms with Crippen LogP contribution >= 0.6 is 0 Å². The normalized spacial score (nSPS) is 10.4. The molecule has 1 aromatic carbocycles. The number of hydrogen-bond donors (Lipinski definition) is 1. The van der Waals surface area contributed by atoms with Crippen molar-refractivity contribution in [1.29, 1.82) is 0 Å². The lowest BCUT2D eigenvalue weighted by molar-refractivity contribution is 0.628. The van der Waals surface area contributed by atoms with Crippen LogP contribution in [0.15, 0.2) is 30.3 Å². The molecule has 0 fully saturated rings. The van der Waals surface area contributed by atoms with Crippen LogP contribution in [0.1, 0.15) is 19.0 Å². The Labute approximate surface area is 106 Å². The fraction of sp³-hybridized carbons (Fsp3) is 0.286. The van der Waals surface area contributed by atoms with E-state index in [1.165, 1.54) is 12.1 Å². The lowest BCUT2D eigenvalue weighted by atomic mass is 10.2. The lowest BCUT2D eigenvalue weighted by Gasteiger charge is -2.07. The highest BCUT2D eigenvalue weighted by Crippen LogP contribution is 2.18. The Morgan fingerprint density at radius 3 is 2.78 bits per heavy atom. The largest absolute Gasteiger partial charge is 0.370 e. The first-order chi connectivity index (χ1) is 8.69. The van der Waals surface area contributed by atoms with Crippen molar-refractivity contribution in [2.75, 3.05) is 11.9 Å². The fourth-order valence-corrected chi connectivity index (χ4v) is 1.67. The van der Waals surface area contributed by atoms with E-state index in [-0.39, 0.29) is 5.82 Å². The number of halogens is 1. The number of aromatic nitrogens is 2. The Hall–Kier alpha value is -1.97. The van der Waals surface area contributed by atoms with Crippen LogP contribution in [0.25, 0.3) is 11.4 Å². The molecule has 0 saturated carbocycles. The molecule has 1 heterocycles. The molecular weight excluding hydrogens is 229 g/mol. The molecule has 0 aliphatic rings. The Balaban J connectivity index is 2.35. The highest BCUT2D eigenvalue weighted by molar-refractivity contribution is 5.57. The van der Waals surface area contributed by atoms with Gasteiger partial charge in [-0.05, 0) is 25.5 Å². The molecule has 2 aromatic rings. The van der Waals surface area contributed by atoms with E-state index in [0.717, 1.165) is 24.5 Å². The minimum Gasteiger partial charge on any atom is -0.370 e. The van der Waals surface area contributed by atoms with Crippen LogP contribution in [0.4, 0.5) is 10.2 Å². The van der Waals surface area contributed by atoms with Gasteiger partial charge in [-0.25, -0.2) is 14.4 Å². The van der Waals surface area contributed by atoms with Crippen molar-refractivity contribution >= 4 is 5.82 Å². The number of anilines is 1. The zero-order valence-corrected chi connectivity index (χ0v) is 10.6. The van der Waals surface area contributed by atoms with Crippen molar-refractivity contribution in [2.45, 2.75) is 20.3 Å². The second-order valence-electron chi connectivity index (χ2n) is 4.16. The Morgan fingerprint density at radius 2 is 2.06 bits per heavy atom. The molecule has 0 radical (unpaired) electrons. The highest BCUT2D eigenvalue weighted by atomic mass is 19.1. The quantitative estimate of drug-likeness (QED) is 0.897. The number of aryl methyl sites for hydroxylation is 1. The summed E-state index contributed by atoms with van der Waals surface area (Å²) in [4.78, 5) is 8.73. The Kier molecular flexibility index (Phi) is 3.87. The van der Waals surface area contributed by atoms with E-state index < -0.39 is 0 Å². The number of hydrogen-bond acceptors (Lipinski definition) is 3. The summed E-state index contributed by atoms with van der Waals surface area (Å²) in [6, 6.07) is 8.21. The van der Waals surface area contributed by atoms with Crippen molar-refractivity contribution in [2.24, 2.45) is 0 Å². The molecule has 0 aliphatic carbocycles. The van der Waals surface area contributed by atoms with Crippen molar-refractivity contribution in [3.8, 4) is 11.4 Å². The molecule has 2 rings (SSSR count). The van der Waals surface area contributed by atoms with Crippen LogP contribution in [0.5, 0.6) is 0 Å². The summed E-state index contributed by atoms with van der Waals surface area (Å²) < 4.78 is 13.2. The maximum Gasteiger partial charge on any atom is 0.161 e. The van der Waals surface area contributed by atoms with Gasteiger partial charge in [0.2, 0.25) is 0 Å². The van der Waals surface area contributed by atoms with Gasteiger partial charge in [0.15, 0.2) is 5.82 Å². The summed E-state index contributed by atoms with van der Waals surface area (Å²) in [5.41, 5.74) is 1.56. The summed E-state index contributed by atoms with van der Waals surface area (Å²) in [5.74, 6) is 1.05. The number of nitrogens with zero attached hydrogens (tertiary/aromatic N) is 2. The van der Waals surface area contributed by atoms with E-state index in [2.05, 4.69) is 22.2 Å². The van der Waals surface area contributed by atoms with E-state index in [0.29, 0.717) is 11.4 Å². The topological polar surface area (TPSA) is 37.8 Å². The van der Waals surface area contributed by atoms with Crippen molar-refractivity contribution in [1.82, 2.24) is 9.97 Å². The molecule has 0 saturated heterocycles. The van der Waals surface area contributed by atoms with Gasteiger partial charge in [-0.15, -0.1) is 0 Å². The third-order valence-corrected chi connectivity index (χ3v) is 2.49. The van der Waals surface area contributed by atoms with Crippen LogP contribution in [0, 0.1) is 12.7 Å². The van der Waals surface area contributed by atoms with Gasteiger partial charge >= 0.3 is 0 Å². The number of benzene rings is 1. The van der Waals surface area contributed by atoms with Gasteiger partial charge in [0.05, 0.1) is 0 Å². The van der Waals surface area contributed by atoms with Crippen LogP contribution in [0.3, 0.4) is 0 Å². The van der Waals surface area contributed by atoms with Crippen molar-refractivity contribution in [3.63, 3.8) is 0 Å². The second-order valence-corrected chi connectivity index (χ2v) is 4.16. The molecule has 0 aliphatic heterocycles. The van der Waals surface area contributed by atoms with E-state index >= 15 is 0 Å².